The van der Waals surface area contributed by atoms with Gasteiger partial charge in [0.15, 0.2) is 0 Å². The summed E-state index contributed by atoms with van der Waals surface area (Å²) in [5.41, 5.74) is 5.10. The first-order valence-corrected chi connectivity index (χ1v) is 6.45. The van der Waals surface area contributed by atoms with Gasteiger partial charge < -0.3 is 10.1 Å². The van der Waals surface area contributed by atoms with Crippen molar-refractivity contribution in [2.24, 2.45) is 5.92 Å². The van der Waals surface area contributed by atoms with Gasteiger partial charge in [-0.05, 0) is 49.8 Å². The van der Waals surface area contributed by atoms with E-state index in [1.165, 1.54) is 27.7 Å². The van der Waals surface area contributed by atoms with Gasteiger partial charge in [0.25, 0.3) is 0 Å². The Morgan fingerprint density at radius 2 is 2.33 bits per heavy atom. The zero-order valence-corrected chi connectivity index (χ0v) is 10.5. The molecule has 1 atom stereocenters. The maximum absolute atomic E-state index is 10.8. The summed E-state index contributed by atoms with van der Waals surface area (Å²) in [6.07, 6.45) is 3.14. The molecule has 94 valence electrons. The molecule has 1 unspecified atom stereocenters. The van der Waals surface area contributed by atoms with Crippen LogP contribution in [-0.4, -0.2) is 16.1 Å². The topological polar surface area (TPSA) is 53.1 Å². The number of aromatic amines is 1. The number of carbonyl (C=O) groups is 1. The van der Waals surface area contributed by atoms with Crippen molar-refractivity contribution >= 4 is 16.9 Å². The second-order valence-corrected chi connectivity index (χ2v) is 5.34. The van der Waals surface area contributed by atoms with Crippen molar-refractivity contribution in [3.63, 3.8) is 0 Å². The Kier molecular flexibility index (Phi) is 2.62. The number of rotatable bonds is 2. The average Bonchev–Trinajstić information content (AvgIpc) is 2.65. The number of nitrogens with one attached hydrogen (secondary N) is 1. The Balaban J connectivity index is 1.97. The lowest BCUT2D eigenvalue weighted by atomic mass is 9.85. The number of hydrogen-bond donors (Lipinski definition) is 2. The summed E-state index contributed by atoms with van der Waals surface area (Å²) in [6, 6.07) is 6.45. The Hall–Kier alpha value is -1.77. The van der Waals surface area contributed by atoms with Gasteiger partial charge in [-0.1, -0.05) is 11.6 Å². The monoisotopic (exact) mass is 243 g/mol. The summed E-state index contributed by atoms with van der Waals surface area (Å²) in [6.45, 7) is 2.11. The number of aliphatic carboxylic acids is 1. The van der Waals surface area contributed by atoms with Crippen molar-refractivity contribution in [3.8, 4) is 0 Å². The summed E-state index contributed by atoms with van der Waals surface area (Å²) in [5.74, 6) is -0.403. The Morgan fingerprint density at radius 3 is 3.11 bits per heavy atom. The highest BCUT2D eigenvalue weighted by Crippen LogP contribution is 2.33. The number of H-pyrrole nitrogens is 1. The van der Waals surface area contributed by atoms with Crippen LogP contribution in [-0.2, 0) is 17.6 Å². The third-order valence-electron chi connectivity index (χ3n) is 3.91. The number of hydrogen-bond acceptors (Lipinski definition) is 1. The molecule has 18 heavy (non-hydrogen) atoms. The number of carboxylic acids is 1. The molecule has 2 N–H and O–H groups in total. The van der Waals surface area contributed by atoms with Crippen molar-refractivity contribution < 1.29 is 9.90 Å². The highest BCUT2D eigenvalue weighted by molar-refractivity contribution is 5.85. The van der Waals surface area contributed by atoms with Crippen LogP contribution in [0.4, 0.5) is 0 Å². The molecule has 3 nitrogen and oxygen atoms in total. The van der Waals surface area contributed by atoms with Crippen molar-refractivity contribution in [1.29, 1.82) is 0 Å². The van der Waals surface area contributed by atoms with Crippen LogP contribution in [0.5, 0.6) is 0 Å². The van der Waals surface area contributed by atoms with Crippen molar-refractivity contribution in [2.75, 3.05) is 0 Å². The minimum Gasteiger partial charge on any atom is -0.481 e. The molecular formula is C15H17NO2. The fourth-order valence-corrected chi connectivity index (χ4v) is 3.04. The molecule has 1 aliphatic carbocycles. The van der Waals surface area contributed by atoms with Gasteiger partial charge in [-0.2, -0.15) is 0 Å². The minimum absolute atomic E-state index is 0.282. The molecule has 3 rings (SSSR count). The molecule has 0 bridgehead atoms. The molecule has 0 saturated carbocycles. The molecule has 0 fully saturated rings. The van der Waals surface area contributed by atoms with E-state index in [1.54, 1.807) is 0 Å². The van der Waals surface area contributed by atoms with E-state index in [0.29, 0.717) is 0 Å². The molecule has 2 aromatic rings. The van der Waals surface area contributed by atoms with Crippen molar-refractivity contribution in [1.82, 2.24) is 4.98 Å². The van der Waals surface area contributed by atoms with Gasteiger partial charge in [0, 0.05) is 23.0 Å². The van der Waals surface area contributed by atoms with E-state index in [4.69, 9.17) is 5.11 Å². The summed E-state index contributed by atoms with van der Waals surface area (Å²) in [7, 11) is 0. The van der Waals surface area contributed by atoms with Gasteiger partial charge in [-0.25, -0.2) is 0 Å². The lowest BCUT2D eigenvalue weighted by Crippen LogP contribution is -2.17. The molecule has 1 aliphatic rings. The molecule has 1 heterocycles. The lowest BCUT2D eigenvalue weighted by molar-refractivity contribution is -0.138. The van der Waals surface area contributed by atoms with Gasteiger partial charge in [-0.3, -0.25) is 4.79 Å². The third kappa shape index (κ3) is 1.90. The Morgan fingerprint density at radius 1 is 1.50 bits per heavy atom. The third-order valence-corrected chi connectivity index (χ3v) is 3.91. The molecule has 0 radical (unpaired) electrons. The van der Waals surface area contributed by atoms with Gasteiger partial charge in [0.1, 0.15) is 0 Å². The Bertz CT molecular complexity index is 612. The molecule has 3 heteroatoms. The van der Waals surface area contributed by atoms with Crippen molar-refractivity contribution in [3.05, 3.63) is 35.0 Å². The summed E-state index contributed by atoms with van der Waals surface area (Å²) in [4.78, 5) is 14.2. The van der Waals surface area contributed by atoms with Crippen molar-refractivity contribution in [2.45, 2.75) is 32.6 Å². The summed E-state index contributed by atoms with van der Waals surface area (Å²) in [5, 5.41) is 10.2. The van der Waals surface area contributed by atoms with E-state index < -0.39 is 5.97 Å². The van der Waals surface area contributed by atoms with E-state index in [9.17, 15) is 4.79 Å². The fraction of sp³-hybridized carbons (Fsp3) is 0.400. The van der Waals surface area contributed by atoms with Crippen LogP contribution in [0.1, 0.15) is 29.7 Å². The number of fused-ring (bicyclic) bond motifs is 3. The van der Waals surface area contributed by atoms with E-state index in [1.807, 2.05) is 0 Å². The molecule has 0 saturated heterocycles. The normalized spacial score (nSPS) is 18.8. The highest BCUT2D eigenvalue weighted by atomic mass is 16.4. The maximum atomic E-state index is 10.8. The van der Waals surface area contributed by atoms with E-state index in [0.717, 1.165) is 19.3 Å². The second-order valence-electron chi connectivity index (χ2n) is 5.34. The first-order valence-electron chi connectivity index (χ1n) is 6.45. The zero-order valence-electron chi connectivity index (χ0n) is 10.5. The minimum atomic E-state index is -0.685. The second kappa shape index (κ2) is 4.16. The van der Waals surface area contributed by atoms with E-state index in [-0.39, 0.29) is 12.3 Å². The SMILES string of the molecule is Cc1ccc2[nH]c3c(c2c1)CCC(CC(=O)O)C3. The molecule has 0 amide bonds. The predicted octanol–water partition coefficient (Wildman–Crippen LogP) is 3.06. The largest absolute Gasteiger partial charge is 0.481 e. The lowest BCUT2D eigenvalue weighted by Gasteiger charge is -2.20. The van der Waals surface area contributed by atoms with Crippen LogP contribution < -0.4 is 0 Å². The average molecular weight is 243 g/mol. The van der Waals surface area contributed by atoms with Gasteiger partial charge in [0.05, 0.1) is 0 Å². The zero-order chi connectivity index (χ0) is 12.7. The smallest absolute Gasteiger partial charge is 0.303 e. The van der Waals surface area contributed by atoms with Gasteiger partial charge in [-0.15, -0.1) is 0 Å². The van der Waals surface area contributed by atoms with Crippen LogP contribution in [0.15, 0.2) is 18.2 Å². The number of aromatic nitrogens is 1. The van der Waals surface area contributed by atoms with Crippen LogP contribution in [0.3, 0.4) is 0 Å². The molecule has 0 spiro atoms. The molecule has 1 aromatic carbocycles. The first-order chi connectivity index (χ1) is 8.63. The molecule has 1 aromatic heterocycles. The van der Waals surface area contributed by atoms with Crippen LogP contribution >= 0.6 is 0 Å². The van der Waals surface area contributed by atoms with Crippen LogP contribution in [0.25, 0.3) is 10.9 Å². The van der Waals surface area contributed by atoms with Crippen LogP contribution in [0, 0.1) is 12.8 Å². The van der Waals surface area contributed by atoms with E-state index in [2.05, 4.69) is 30.1 Å². The van der Waals surface area contributed by atoms with Gasteiger partial charge >= 0.3 is 5.97 Å². The highest BCUT2D eigenvalue weighted by Gasteiger charge is 2.23. The fourth-order valence-electron chi connectivity index (χ4n) is 3.04. The number of carboxylic acid groups (broad SMARTS) is 1. The first kappa shape index (κ1) is 11.3. The van der Waals surface area contributed by atoms with E-state index >= 15 is 0 Å². The maximum Gasteiger partial charge on any atom is 0.303 e. The summed E-state index contributed by atoms with van der Waals surface area (Å²) < 4.78 is 0. The quantitative estimate of drug-likeness (QED) is 0.851. The number of benzene rings is 1. The van der Waals surface area contributed by atoms with Crippen LogP contribution in [0.2, 0.25) is 0 Å². The van der Waals surface area contributed by atoms with Gasteiger partial charge in [0.2, 0.25) is 0 Å². The predicted molar refractivity (Wildman–Crippen MR) is 70.8 cm³/mol. The Labute approximate surface area is 106 Å². The summed E-state index contributed by atoms with van der Waals surface area (Å²) >= 11 is 0. The number of aryl methyl sites for hydroxylation is 2. The molecule has 0 aliphatic heterocycles. The molecular weight excluding hydrogens is 226 g/mol. The standard InChI is InChI=1S/C15H17NO2/c1-9-2-5-13-12(6-9)11-4-3-10(8-15(17)18)7-14(11)16-13/h2,5-6,10,16H,3-4,7-8H2,1H3,(H,17,18).